The lowest BCUT2D eigenvalue weighted by atomic mass is 9.95. The molecule has 0 saturated carbocycles. The van der Waals surface area contributed by atoms with Gasteiger partial charge in [-0.1, -0.05) is 32.9 Å². The average Bonchev–Trinajstić information content (AvgIpc) is 2.88. The summed E-state index contributed by atoms with van der Waals surface area (Å²) in [6.45, 7) is 4.94. The number of aliphatic hydroxyl groups excluding tert-OH is 2. The lowest BCUT2D eigenvalue weighted by Crippen LogP contribution is -2.47. The van der Waals surface area contributed by atoms with Gasteiger partial charge in [-0.05, 0) is 53.6 Å². The number of benzene rings is 2. The third-order valence-corrected chi connectivity index (χ3v) is 6.88. The number of hydrogen-bond donors (Lipinski definition) is 6. The number of phenolic OH excluding ortho intramolecular Hbond substituents is 2. The fraction of sp³-hybridized carbons (Fsp3) is 0.500. The molecule has 0 saturated heterocycles. The second-order valence-electron chi connectivity index (χ2n) is 9.28. The van der Waals surface area contributed by atoms with Crippen LogP contribution in [0.5, 0.6) is 11.5 Å². The van der Waals surface area contributed by atoms with Gasteiger partial charge in [-0.15, -0.1) is 0 Å². The molecule has 0 aliphatic carbocycles. The Kier molecular flexibility index (Phi) is 12.0. The van der Waals surface area contributed by atoms with E-state index in [1.807, 2.05) is 26.8 Å². The van der Waals surface area contributed by atoms with Gasteiger partial charge >= 0.3 is 11.9 Å². The third-order valence-electron chi connectivity index (χ3n) is 6.88. The molecule has 0 aliphatic heterocycles. The summed E-state index contributed by atoms with van der Waals surface area (Å²) < 4.78 is 0. The van der Waals surface area contributed by atoms with Crippen LogP contribution in [0.25, 0.3) is 0 Å². The van der Waals surface area contributed by atoms with Crippen LogP contribution in [0.3, 0.4) is 0 Å². The molecule has 2 aromatic carbocycles. The van der Waals surface area contributed by atoms with Crippen LogP contribution >= 0.6 is 0 Å². The minimum atomic E-state index is -1.26. The van der Waals surface area contributed by atoms with Crippen molar-refractivity contribution in [3.05, 3.63) is 57.6 Å². The molecule has 10 heteroatoms. The topological polar surface area (TPSA) is 162 Å². The molecule has 1 atom stereocenters. The zero-order valence-electron chi connectivity index (χ0n) is 22.4. The van der Waals surface area contributed by atoms with E-state index in [4.69, 9.17) is 0 Å². The lowest BCUT2D eigenvalue weighted by Gasteiger charge is -2.32. The number of aryl methyl sites for hydroxylation is 2. The second kappa shape index (κ2) is 14.7. The van der Waals surface area contributed by atoms with Gasteiger partial charge < -0.3 is 30.6 Å². The Morgan fingerprint density at radius 2 is 1.50 bits per heavy atom. The van der Waals surface area contributed by atoms with Gasteiger partial charge in [0.05, 0.1) is 19.8 Å². The van der Waals surface area contributed by atoms with Crippen molar-refractivity contribution in [2.75, 3.05) is 26.2 Å². The van der Waals surface area contributed by atoms with E-state index in [9.17, 15) is 40.2 Å². The molecule has 0 radical (unpaired) electrons. The first-order chi connectivity index (χ1) is 18.1. The zero-order chi connectivity index (χ0) is 28.4. The molecule has 0 heterocycles. The highest BCUT2D eigenvalue weighted by Gasteiger charge is 2.28. The Morgan fingerprint density at radius 1 is 0.816 bits per heavy atom. The molecule has 0 fully saturated rings. The van der Waals surface area contributed by atoms with Crippen molar-refractivity contribution in [2.45, 2.75) is 65.8 Å². The van der Waals surface area contributed by atoms with Crippen molar-refractivity contribution in [1.29, 1.82) is 0 Å². The van der Waals surface area contributed by atoms with Gasteiger partial charge in [0.2, 0.25) is 0 Å². The van der Waals surface area contributed by atoms with Crippen molar-refractivity contribution < 1.29 is 40.2 Å². The van der Waals surface area contributed by atoms with Crippen LogP contribution in [0.4, 0.5) is 0 Å². The first kappa shape index (κ1) is 31.0. The molecule has 0 spiro atoms. The average molecular weight is 533 g/mol. The van der Waals surface area contributed by atoms with Crippen LogP contribution in [0, 0.1) is 0 Å². The van der Waals surface area contributed by atoms with Gasteiger partial charge in [0.1, 0.15) is 17.5 Å². The summed E-state index contributed by atoms with van der Waals surface area (Å²) in [7, 11) is 0. The number of aliphatic hydroxyl groups is 2. The summed E-state index contributed by atoms with van der Waals surface area (Å²) in [5.74, 6) is -2.32. The first-order valence-electron chi connectivity index (χ1n) is 12.9. The fourth-order valence-electron chi connectivity index (χ4n) is 4.84. The zero-order valence-corrected chi connectivity index (χ0v) is 22.4. The fourth-order valence-corrected chi connectivity index (χ4v) is 4.84. The molecule has 1 unspecified atom stereocenters. The molecule has 0 bridgehead atoms. The minimum absolute atomic E-state index is 0.0370. The molecule has 10 nitrogen and oxygen atoms in total. The second-order valence-corrected chi connectivity index (χ2v) is 9.28. The highest BCUT2D eigenvalue weighted by Crippen LogP contribution is 2.29. The smallest absolute Gasteiger partial charge is 0.323 e. The minimum Gasteiger partial charge on any atom is -0.508 e. The van der Waals surface area contributed by atoms with E-state index in [1.54, 1.807) is 17.0 Å². The number of aromatic hydroxyl groups is 2. The van der Waals surface area contributed by atoms with Crippen LogP contribution in [0.15, 0.2) is 24.3 Å². The Morgan fingerprint density at radius 3 is 2.03 bits per heavy atom. The molecule has 6 N–H and O–H groups in total. The van der Waals surface area contributed by atoms with Crippen molar-refractivity contribution in [3.8, 4) is 11.5 Å². The number of carboxylic acids is 2. The number of phenols is 2. The molecule has 210 valence electrons. The van der Waals surface area contributed by atoms with Gasteiger partial charge in [-0.3, -0.25) is 19.4 Å². The summed E-state index contributed by atoms with van der Waals surface area (Å²) in [6, 6.07) is 5.38. The standard InChI is InChI=1S/C28H40N2O8/c1-4-19-7-8-25(33)23(21(19)6-3)14-30(24(17-32)28(37)38)10-9-29(15-27(35)36)13-22-20(5-2)11-18(16-31)12-26(22)34/h7-8,11-12,24,31-34H,4-6,9-10,13-17H2,1-3H3,(H,35,36)(H,37,38). The number of nitrogens with zero attached hydrogens (tertiary/aromatic N) is 2. The van der Waals surface area contributed by atoms with E-state index in [2.05, 4.69) is 0 Å². The monoisotopic (exact) mass is 532 g/mol. The number of hydrogen-bond acceptors (Lipinski definition) is 8. The number of aliphatic carboxylic acids is 2. The molecule has 2 rings (SSSR count). The predicted octanol–water partition coefficient (Wildman–Crippen LogP) is 2.11. The van der Waals surface area contributed by atoms with E-state index in [0.29, 0.717) is 29.5 Å². The number of carboxylic acid groups (broad SMARTS) is 2. The molecule has 0 aromatic heterocycles. The Hall–Kier alpha value is -3.18. The summed E-state index contributed by atoms with van der Waals surface area (Å²) >= 11 is 0. The van der Waals surface area contributed by atoms with E-state index < -0.39 is 24.6 Å². The van der Waals surface area contributed by atoms with Gasteiger partial charge in [0.15, 0.2) is 0 Å². The van der Waals surface area contributed by atoms with Crippen molar-refractivity contribution in [2.24, 2.45) is 0 Å². The summed E-state index contributed by atoms with van der Waals surface area (Å²) in [6.07, 6.45) is 1.93. The first-order valence-corrected chi connectivity index (χ1v) is 12.9. The van der Waals surface area contributed by atoms with Crippen LogP contribution < -0.4 is 0 Å². The highest BCUT2D eigenvalue weighted by atomic mass is 16.4. The normalized spacial score (nSPS) is 12.3. The molecular weight excluding hydrogens is 492 g/mol. The van der Waals surface area contributed by atoms with E-state index >= 15 is 0 Å². The molecule has 2 aromatic rings. The third kappa shape index (κ3) is 7.91. The Bertz CT molecular complexity index is 1100. The molecule has 38 heavy (non-hydrogen) atoms. The lowest BCUT2D eigenvalue weighted by molar-refractivity contribution is -0.146. The molecular formula is C28H40N2O8. The van der Waals surface area contributed by atoms with Gasteiger partial charge in [0.25, 0.3) is 0 Å². The van der Waals surface area contributed by atoms with Crippen molar-refractivity contribution in [3.63, 3.8) is 0 Å². The van der Waals surface area contributed by atoms with E-state index in [1.165, 1.54) is 11.0 Å². The van der Waals surface area contributed by atoms with E-state index in [0.717, 1.165) is 23.1 Å². The maximum absolute atomic E-state index is 12.0. The number of rotatable bonds is 16. The van der Waals surface area contributed by atoms with E-state index in [-0.39, 0.29) is 50.8 Å². The summed E-state index contributed by atoms with van der Waals surface area (Å²) in [4.78, 5) is 26.8. The van der Waals surface area contributed by atoms with Crippen LogP contribution in [-0.4, -0.2) is 84.7 Å². The predicted molar refractivity (Wildman–Crippen MR) is 142 cm³/mol. The van der Waals surface area contributed by atoms with Crippen molar-refractivity contribution in [1.82, 2.24) is 9.80 Å². The largest absolute Gasteiger partial charge is 0.508 e. The summed E-state index contributed by atoms with van der Waals surface area (Å²) in [5.41, 5.74) is 4.40. The summed E-state index contributed by atoms with van der Waals surface area (Å²) in [5, 5.41) is 59.9. The molecule has 0 aliphatic rings. The quantitative estimate of drug-likeness (QED) is 0.189. The van der Waals surface area contributed by atoms with Gasteiger partial charge in [-0.25, -0.2) is 0 Å². The molecule has 0 amide bonds. The maximum Gasteiger partial charge on any atom is 0.323 e. The van der Waals surface area contributed by atoms with Crippen LogP contribution in [0.2, 0.25) is 0 Å². The Labute approximate surface area is 223 Å². The van der Waals surface area contributed by atoms with Gasteiger partial charge in [0, 0.05) is 37.3 Å². The van der Waals surface area contributed by atoms with Gasteiger partial charge in [-0.2, -0.15) is 0 Å². The maximum atomic E-state index is 12.0. The van der Waals surface area contributed by atoms with Crippen molar-refractivity contribution >= 4 is 11.9 Å². The number of carbonyl (C=O) groups is 2. The SMILES string of the molecule is CCc1cc(CO)cc(O)c1CN(CCN(Cc1c(O)ccc(CC)c1CC)C(CO)C(=O)O)CC(=O)O. The Balaban J connectivity index is 2.40. The van der Waals surface area contributed by atoms with Crippen LogP contribution in [0.1, 0.15) is 54.2 Å². The van der Waals surface area contributed by atoms with Crippen LogP contribution in [-0.2, 0) is 48.5 Å². The highest BCUT2D eigenvalue weighted by molar-refractivity contribution is 5.73.